The van der Waals surface area contributed by atoms with Gasteiger partial charge in [-0.05, 0) is 24.6 Å². The summed E-state index contributed by atoms with van der Waals surface area (Å²) in [7, 11) is -6.67. The Morgan fingerprint density at radius 3 is 2.17 bits per heavy atom. The summed E-state index contributed by atoms with van der Waals surface area (Å²) in [6.45, 7) is 1.61. The zero-order valence-corrected chi connectivity index (χ0v) is 11.5. The first-order chi connectivity index (χ1) is 8.04. The number of sulfonamides is 1. The molecule has 9 heteroatoms. The Hall–Kier alpha value is -1.19. The lowest BCUT2D eigenvalue weighted by Crippen LogP contribution is -2.23. The normalized spacial score (nSPS) is 12.7. The lowest BCUT2D eigenvalue weighted by Gasteiger charge is -2.14. The van der Waals surface area contributed by atoms with E-state index in [-0.39, 0.29) is 0 Å². The van der Waals surface area contributed by atoms with E-state index < -0.39 is 31.2 Å². The van der Waals surface area contributed by atoms with E-state index in [9.17, 15) is 20.7 Å². The van der Waals surface area contributed by atoms with E-state index in [1.807, 2.05) is 0 Å². The van der Waals surface area contributed by atoms with E-state index in [1.165, 1.54) is 26.2 Å². The highest BCUT2D eigenvalue weighted by Crippen LogP contribution is 2.28. The third kappa shape index (κ3) is 3.40. The van der Waals surface area contributed by atoms with Crippen molar-refractivity contribution in [1.29, 1.82) is 0 Å². The van der Waals surface area contributed by atoms with Crippen LogP contribution >= 0.6 is 0 Å². The molecule has 1 rings (SSSR count). The lowest BCUT2D eigenvalue weighted by molar-refractivity contribution is 0.433. The summed E-state index contributed by atoms with van der Waals surface area (Å²) < 4.78 is 62.1. The molecule has 18 heavy (non-hydrogen) atoms. The Balaban J connectivity index is 3.47. The Kier molecular flexibility index (Phi) is 3.99. The molecule has 0 atom stereocenters. The fourth-order valence-corrected chi connectivity index (χ4v) is 2.69. The van der Waals surface area contributed by atoms with Crippen LogP contribution in [0.2, 0.25) is 0 Å². The van der Waals surface area contributed by atoms with Gasteiger partial charge in [0.2, 0.25) is 10.0 Å². The topological polar surface area (TPSA) is 80.8 Å². The summed E-state index contributed by atoms with van der Waals surface area (Å²) in [4.78, 5) is -0.409. The fourth-order valence-electron chi connectivity index (χ4n) is 1.19. The Bertz CT molecular complexity index is 652. The van der Waals surface area contributed by atoms with Gasteiger partial charge in [0.05, 0.1) is 0 Å². The molecule has 0 saturated carbocycles. The van der Waals surface area contributed by atoms with Gasteiger partial charge in [0.25, 0.3) is 0 Å². The molecule has 1 aromatic carbocycles. The Morgan fingerprint density at radius 1 is 1.17 bits per heavy atom. The summed E-state index contributed by atoms with van der Waals surface area (Å²) in [5.74, 6) is -0.572. The summed E-state index contributed by atoms with van der Waals surface area (Å²) >= 11 is 0. The van der Waals surface area contributed by atoms with Crippen LogP contribution in [-0.2, 0) is 20.5 Å². The molecule has 0 amide bonds. The van der Waals surface area contributed by atoms with Gasteiger partial charge in [0.1, 0.15) is 4.90 Å². The predicted octanol–water partition coefficient (Wildman–Crippen LogP) is 0.838. The van der Waals surface area contributed by atoms with Gasteiger partial charge in [-0.2, -0.15) is 8.42 Å². The highest BCUT2D eigenvalue weighted by atomic mass is 32.3. The van der Waals surface area contributed by atoms with Crippen molar-refractivity contribution in [1.82, 2.24) is 4.31 Å². The summed E-state index contributed by atoms with van der Waals surface area (Å²) in [6, 6.07) is 3.70. The van der Waals surface area contributed by atoms with E-state index in [2.05, 4.69) is 4.18 Å². The van der Waals surface area contributed by atoms with Crippen LogP contribution in [0, 0.1) is 6.92 Å². The molecule has 1 aromatic rings. The van der Waals surface area contributed by atoms with E-state index >= 15 is 0 Å². The SMILES string of the molecule is Cc1ccc(OS(=O)(=O)F)c(S(=O)(=O)N(C)C)c1. The molecule has 0 saturated heterocycles. The van der Waals surface area contributed by atoms with Crippen molar-refractivity contribution in [2.24, 2.45) is 0 Å². The summed E-state index contributed by atoms with van der Waals surface area (Å²) in [5, 5.41) is 0. The van der Waals surface area contributed by atoms with Gasteiger partial charge in [-0.15, -0.1) is 0 Å². The smallest absolute Gasteiger partial charge is 0.357 e. The molecular formula is C9H12FNO5S2. The maximum atomic E-state index is 12.5. The first-order valence-corrected chi connectivity index (χ1v) is 7.46. The summed E-state index contributed by atoms with van der Waals surface area (Å²) in [6.07, 6.45) is 0. The molecule has 0 aliphatic heterocycles. The molecule has 6 nitrogen and oxygen atoms in total. The van der Waals surface area contributed by atoms with Crippen LogP contribution in [0.4, 0.5) is 3.89 Å². The van der Waals surface area contributed by atoms with Crippen LogP contribution in [-0.4, -0.2) is 35.2 Å². The number of hydrogen-bond donors (Lipinski definition) is 0. The first kappa shape index (κ1) is 14.9. The third-order valence-corrected chi connectivity index (χ3v) is 4.26. The summed E-state index contributed by atoms with van der Waals surface area (Å²) in [5.41, 5.74) is 0.569. The molecule has 0 heterocycles. The minimum Gasteiger partial charge on any atom is -0.357 e. The van der Waals surface area contributed by atoms with E-state index in [0.717, 1.165) is 10.4 Å². The van der Waals surface area contributed by atoms with Crippen molar-refractivity contribution in [3.63, 3.8) is 0 Å². The van der Waals surface area contributed by atoms with Gasteiger partial charge < -0.3 is 4.18 Å². The largest absolute Gasteiger partial charge is 0.488 e. The highest BCUT2D eigenvalue weighted by Gasteiger charge is 2.25. The number of benzene rings is 1. The zero-order chi connectivity index (χ0) is 14.1. The zero-order valence-electron chi connectivity index (χ0n) is 9.91. The molecule has 0 bridgehead atoms. The number of halogens is 1. The standard InChI is InChI=1S/C9H12FNO5S2/c1-7-4-5-8(16-18(10,14)15)9(6-7)17(12,13)11(2)3/h4-6H,1-3H3. The second-order valence-electron chi connectivity index (χ2n) is 3.71. The van der Waals surface area contributed by atoms with Crippen LogP contribution in [0.5, 0.6) is 5.75 Å². The van der Waals surface area contributed by atoms with Gasteiger partial charge in [0, 0.05) is 14.1 Å². The second kappa shape index (κ2) is 4.82. The van der Waals surface area contributed by atoms with Crippen molar-refractivity contribution in [2.75, 3.05) is 14.1 Å². The van der Waals surface area contributed by atoms with Crippen LogP contribution in [0.25, 0.3) is 0 Å². The van der Waals surface area contributed by atoms with Gasteiger partial charge in [-0.25, -0.2) is 12.7 Å². The van der Waals surface area contributed by atoms with Gasteiger partial charge in [0.15, 0.2) is 5.75 Å². The molecule has 0 unspecified atom stereocenters. The maximum absolute atomic E-state index is 12.5. The molecular weight excluding hydrogens is 285 g/mol. The quantitative estimate of drug-likeness (QED) is 0.769. The van der Waals surface area contributed by atoms with Crippen molar-refractivity contribution in [3.8, 4) is 5.75 Å². The minimum atomic E-state index is -5.28. The Morgan fingerprint density at radius 2 is 1.72 bits per heavy atom. The average molecular weight is 297 g/mol. The third-order valence-electron chi connectivity index (χ3n) is 2.05. The van der Waals surface area contributed by atoms with Crippen molar-refractivity contribution < 1.29 is 24.9 Å². The van der Waals surface area contributed by atoms with E-state index in [4.69, 9.17) is 0 Å². The lowest BCUT2D eigenvalue weighted by atomic mass is 10.2. The van der Waals surface area contributed by atoms with E-state index in [0.29, 0.717) is 5.56 Å². The maximum Gasteiger partial charge on any atom is 0.488 e. The van der Waals surface area contributed by atoms with Crippen LogP contribution in [0.1, 0.15) is 5.56 Å². The number of rotatable bonds is 4. The fraction of sp³-hybridized carbons (Fsp3) is 0.333. The van der Waals surface area contributed by atoms with Gasteiger partial charge in [-0.3, -0.25) is 0 Å². The van der Waals surface area contributed by atoms with Crippen LogP contribution in [0.15, 0.2) is 23.1 Å². The number of aryl methyl sites for hydroxylation is 1. The molecule has 0 spiro atoms. The highest BCUT2D eigenvalue weighted by molar-refractivity contribution is 7.89. The molecule has 0 radical (unpaired) electrons. The molecule has 0 N–H and O–H groups in total. The van der Waals surface area contributed by atoms with Crippen molar-refractivity contribution in [3.05, 3.63) is 23.8 Å². The first-order valence-electron chi connectivity index (χ1n) is 4.71. The molecule has 0 fully saturated rings. The monoisotopic (exact) mass is 297 g/mol. The van der Waals surface area contributed by atoms with Gasteiger partial charge >= 0.3 is 10.5 Å². The van der Waals surface area contributed by atoms with Crippen LogP contribution in [0.3, 0.4) is 0 Å². The molecule has 0 aliphatic carbocycles. The number of hydrogen-bond acceptors (Lipinski definition) is 5. The Labute approximate surface area is 105 Å². The predicted molar refractivity (Wildman–Crippen MR) is 62.7 cm³/mol. The molecule has 0 aliphatic rings. The second-order valence-corrected chi connectivity index (χ2v) is 6.79. The van der Waals surface area contributed by atoms with Crippen molar-refractivity contribution in [2.45, 2.75) is 11.8 Å². The van der Waals surface area contributed by atoms with Crippen molar-refractivity contribution >= 4 is 20.5 Å². The minimum absolute atomic E-state index is 0.409. The van der Waals surface area contributed by atoms with Crippen LogP contribution < -0.4 is 4.18 Å². The van der Waals surface area contributed by atoms with E-state index in [1.54, 1.807) is 6.92 Å². The molecule has 102 valence electrons. The van der Waals surface area contributed by atoms with Gasteiger partial charge in [-0.1, -0.05) is 9.95 Å². The average Bonchev–Trinajstić information content (AvgIpc) is 2.18. The number of nitrogens with zero attached hydrogens (tertiary/aromatic N) is 1. The molecule has 0 aromatic heterocycles.